The Morgan fingerprint density at radius 2 is 2.17 bits per heavy atom. The third kappa shape index (κ3) is 3.41. The van der Waals surface area contributed by atoms with E-state index in [4.69, 9.17) is 9.15 Å². The van der Waals surface area contributed by atoms with E-state index < -0.39 is 0 Å². The molecule has 30 heavy (non-hydrogen) atoms. The number of furan rings is 1. The number of benzene rings is 1. The largest absolute Gasteiger partial charge is 0.459 e. The normalized spacial score (nSPS) is 29.2. The van der Waals surface area contributed by atoms with Crippen molar-refractivity contribution in [3.05, 3.63) is 59.8 Å². The Morgan fingerprint density at radius 1 is 1.27 bits per heavy atom. The van der Waals surface area contributed by atoms with Crippen LogP contribution in [0, 0.1) is 17.7 Å². The summed E-state index contributed by atoms with van der Waals surface area (Å²) in [5.74, 6) is 0.296. The zero-order valence-corrected chi connectivity index (χ0v) is 16.7. The predicted molar refractivity (Wildman–Crippen MR) is 106 cm³/mol. The van der Waals surface area contributed by atoms with Crippen molar-refractivity contribution >= 4 is 11.8 Å². The summed E-state index contributed by atoms with van der Waals surface area (Å²) in [4.78, 5) is 27.0. The van der Waals surface area contributed by atoms with Gasteiger partial charge in [0.1, 0.15) is 5.82 Å². The van der Waals surface area contributed by atoms with Gasteiger partial charge in [0.15, 0.2) is 5.76 Å². The van der Waals surface area contributed by atoms with Gasteiger partial charge in [-0.15, -0.1) is 0 Å². The third-order valence-electron chi connectivity index (χ3n) is 6.90. The lowest BCUT2D eigenvalue weighted by Crippen LogP contribution is -2.41. The van der Waals surface area contributed by atoms with Crippen LogP contribution in [0.5, 0.6) is 0 Å². The Hall–Kier alpha value is -2.67. The lowest BCUT2D eigenvalue weighted by molar-refractivity contribution is -0.131. The van der Waals surface area contributed by atoms with E-state index in [2.05, 4.69) is 5.32 Å². The molecule has 1 aromatic heterocycles. The fourth-order valence-electron chi connectivity index (χ4n) is 5.46. The average Bonchev–Trinajstić information content (AvgIpc) is 3.51. The highest BCUT2D eigenvalue weighted by molar-refractivity contribution is 5.91. The molecule has 1 aromatic carbocycles. The molecule has 6 nitrogen and oxygen atoms in total. The van der Waals surface area contributed by atoms with E-state index in [0.29, 0.717) is 38.2 Å². The molecule has 2 aromatic rings. The van der Waals surface area contributed by atoms with Gasteiger partial charge >= 0.3 is 0 Å². The lowest BCUT2D eigenvalue weighted by atomic mass is 9.73. The van der Waals surface area contributed by atoms with E-state index in [1.807, 2.05) is 11.0 Å². The summed E-state index contributed by atoms with van der Waals surface area (Å²) in [5.41, 5.74) is 0.552. The Bertz CT molecular complexity index is 946. The number of ether oxygens (including phenoxy) is 1. The summed E-state index contributed by atoms with van der Waals surface area (Å²) >= 11 is 0. The number of hydrogen-bond donors (Lipinski definition) is 1. The first-order valence-corrected chi connectivity index (χ1v) is 10.6. The second-order valence-corrected chi connectivity index (χ2v) is 8.62. The molecule has 0 aliphatic carbocycles. The summed E-state index contributed by atoms with van der Waals surface area (Å²) < 4.78 is 24.9. The maximum atomic E-state index is 13.4. The van der Waals surface area contributed by atoms with Gasteiger partial charge in [0, 0.05) is 31.3 Å². The van der Waals surface area contributed by atoms with Crippen LogP contribution in [0.1, 0.15) is 35.4 Å². The Kier molecular flexibility index (Phi) is 4.85. The Labute approximate surface area is 174 Å². The number of rotatable bonds is 6. The molecule has 0 radical (unpaired) electrons. The molecule has 5 rings (SSSR count). The van der Waals surface area contributed by atoms with Crippen molar-refractivity contribution in [3.8, 4) is 0 Å². The Morgan fingerprint density at radius 3 is 2.97 bits per heavy atom. The van der Waals surface area contributed by atoms with E-state index >= 15 is 0 Å². The molecule has 4 heterocycles. The topological polar surface area (TPSA) is 71.8 Å². The van der Waals surface area contributed by atoms with Crippen molar-refractivity contribution in [2.45, 2.75) is 37.4 Å². The molecule has 4 atom stereocenters. The smallest absolute Gasteiger partial charge is 0.286 e. The minimum absolute atomic E-state index is 0.0773. The van der Waals surface area contributed by atoms with Crippen LogP contribution in [0.4, 0.5) is 4.39 Å². The summed E-state index contributed by atoms with van der Waals surface area (Å²) in [6, 6.07) is 9.73. The molecule has 3 fully saturated rings. The minimum atomic E-state index is -0.279. The molecule has 1 N–H and O–H groups in total. The monoisotopic (exact) mass is 412 g/mol. The fourth-order valence-corrected chi connectivity index (χ4v) is 5.46. The SMILES string of the molecule is O=C(NC[C@H]1[C@H]2CN(C(=O)CCc3cccc(F)c3)C[C@]23CC[C@H]1O3)c1ccco1. The molecule has 2 amide bonds. The van der Waals surface area contributed by atoms with Gasteiger partial charge in [-0.2, -0.15) is 0 Å². The van der Waals surface area contributed by atoms with Crippen molar-refractivity contribution < 1.29 is 23.1 Å². The number of carbonyl (C=O) groups is 2. The van der Waals surface area contributed by atoms with E-state index in [1.54, 1.807) is 18.2 Å². The van der Waals surface area contributed by atoms with Gasteiger partial charge in [-0.3, -0.25) is 9.59 Å². The van der Waals surface area contributed by atoms with Gasteiger partial charge in [-0.05, 0) is 49.1 Å². The minimum Gasteiger partial charge on any atom is -0.459 e. The molecule has 0 saturated carbocycles. The van der Waals surface area contributed by atoms with Crippen LogP contribution >= 0.6 is 0 Å². The van der Waals surface area contributed by atoms with Crippen molar-refractivity contribution in [3.63, 3.8) is 0 Å². The van der Waals surface area contributed by atoms with Gasteiger partial charge in [0.25, 0.3) is 5.91 Å². The van der Waals surface area contributed by atoms with E-state index in [-0.39, 0.29) is 41.2 Å². The standard InChI is InChI=1S/C23H25FN2O4/c24-16-4-1-3-15(11-16)6-7-21(27)26-13-18-17(19-8-9-23(18,14-26)30-19)12-25-22(28)20-5-2-10-29-20/h1-5,10-11,17-19H,6-9,12-14H2,(H,25,28)/t17-,18+,19+,23+/m0/s1. The zero-order chi connectivity index (χ0) is 20.7. The highest BCUT2D eigenvalue weighted by atomic mass is 19.1. The predicted octanol–water partition coefficient (Wildman–Crippen LogP) is 2.79. The van der Waals surface area contributed by atoms with Crippen molar-refractivity contribution in [2.75, 3.05) is 19.6 Å². The van der Waals surface area contributed by atoms with Gasteiger partial charge in [0.05, 0.1) is 24.5 Å². The number of nitrogens with zero attached hydrogens (tertiary/aromatic N) is 1. The number of likely N-dealkylation sites (tertiary alicyclic amines) is 1. The molecule has 3 aliphatic heterocycles. The van der Waals surface area contributed by atoms with E-state index in [1.165, 1.54) is 18.4 Å². The lowest BCUT2D eigenvalue weighted by Gasteiger charge is -2.29. The maximum Gasteiger partial charge on any atom is 0.286 e. The van der Waals surface area contributed by atoms with Crippen LogP contribution in [0.15, 0.2) is 47.1 Å². The summed E-state index contributed by atoms with van der Waals surface area (Å²) in [6.45, 7) is 1.78. The number of hydrogen-bond acceptors (Lipinski definition) is 4. The zero-order valence-electron chi connectivity index (χ0n) is 16.7. The Balaban J connectivity index is 1.20. The van der Waals surface area contributed by atoms with Crippen molar-refractivity contribution in [2.24, 2.45) is 11.8 Å². The van der Waals surface area contributed by atoms with Gasteiger partial charge in [-0.25, -0.2) is 4.39 Å². The number of carbonyl (C=O) groups excluding carboxylic acids is 2. The van der Waals surface area contributed by atoms with Crippen LogP contribution in [0.2, 0.25) is 0 Å². The molecule has 2 bridgehead atoms. The maximum absolute atomic E-state index is 13.4. The van der Waals surface area contributed by atoms with E-state index in [0.717, 1.165) is 18.4 Å². The van der Waals surface area contributed by atoms with Gasteiger partial charge < -0.3 is 19.4 Å². The molecule has 3 saturated heterocycles. The quantitative estimate of drug-likeness (QED) is 0.792. The second-order valence-electron chi connectivity index (χ2n) is 8.62. The highest BCUT2D eigenvalue weighted by Crippen LogP contribution is 2.54. The molecule has 158 valence electrons. The van der Waals surface area contributed by atoms with E-state index in [9.17, 15) is 14.0 Å². The number of aryl methyl sites for hydroxylation is 1. The van der Waals surface area contributed by atoms with Crippen molar-refractivity contribution in [1.82, 2.24) is 10.2 Å². The molecular weight excluding hydrogens is 387 g/mol. The van der Waals surface area contributed by atoms with Gasteiger partial charge in [0.2, 0.25) is 5.91 Å². The number of fused-ring (bicyclic) bond motifs is 1. The fraction of sp³-hybridized carbons (Fsp3) is 0.478. The summed E-state index contributed by atoms with van der Waals surface area (Å²) in [6.07, 6.45) is 4.42. The summed E-state index contributed by atoms with van der Waals surface area (Å²) in [5, 5.41) is 2.97. The van der Waals surface area contributed by atoms with Crippen LogP contribution in [0.25, 0.3) is 0 Å². The second kappa shape index (κ2) is 7.54. The summed E-state index contributed by atoms with van der Waals surface area (Å²) in [7, 11) is 0. The highest BCUT2D eigenvalue weighted by Gasteiger charge is 2.63. The molecule has 7 heteroatoms. The first-order valence-electron chi connectivity index (χ1n) is 10.6. The average molecular weight is 412 g/mol. The number of amides is 2. The van der Waals surface area contributed by atoms with Crippen molar-refractivity contribution in [1.29, 1.82) is 0 Å². The molecule has 3 aliphatic rings. The molecular formula is C23H25FN2O4. The van der Waals surface area contributed by atoms with Crippen LogP contribution < -0.4 is 5.32 Å². The third-order valence-corrected chi connectivity index (χ3v) is 6.90. The first-order chi connectivity index (χ1) is 14.5. The number of halogens is 1. The molecule has 0 unspecified atom stereocenters. The number of nitrogens with one attached hydrogen (secondary N) is 1. The van der Waals surface area contributed by atoms with Gasteiger partial charge in [-0.1, -0.05) is 12.1 Å². The van der Waals surface area contributed by atoms with Crippen LogP contribution in [0.3, 0.4) is 0 Å². The van der Waals surface area contributed by atoms with Crippen LogP contribution in [-0.2, 0) is 16.0 Å². The first kappa shape index (κ1) is 19.3. The molecule has 1 spiro atoms. The van der Waals surface area contributed by atoms with Crippen LogP contribution in [-0.4, -0.2) is 48.1 Å².